The molecule has 2 saturated heterocycles. The van der Waals surface area contributed by atoms with Crippen LogP contribution in [0, 0.1) is 5.82 Å². The van der Waals surface area contributed by atoms with Gasteiger partial charge in [-0.05, 0) is 56.5 Å². The summed E-state index contributed by atoms with van der Waals surface area (Å²) < 4.78 is 13.7. The number of nitrogens with zero attached hydrogens (tertiary/aromatic N) is 4. The number of hydrogen-bond acceptors (Lipinski definition) is 5. The highest BCUT2D eigenvalue weighted by Crippen LogP contribution is 2.33. The summed E-state index contributed by atoms with van der Waals surface area (Å²) in [7, 11) is 0. The third kappa shape index (κ3) is 4.14. The predicted octanol–water partition coefficient (Wildman–Crippen LogP) is 2.67. The Morgan fingerprint density at radius 3 is 2.82 bits per heavy atom. The Hall–Kier alpha value is -2.54. The van der Waals surface area contributed by atoms with Crippen molar-refractivity contribution >= 4 is 11.9 Å². The van der Waals surface area contributed by atoms with Gasteiger partial charge in [0.05, 0.1) is 12.2 Å². The molecule has 28 heavy (non-hydrogen) atoms. The SMILES string of the molecule is Nc1ncc(-c2cccc(F)c2)c([C@H]2CCCN(C(=O)CN3CCCC3)C2)n1. The van der Waals surface area contributed by atoms with E-state index in [-0.39, 0.29) is 23.6 Å². The lowest BCUT2D eigenvalue weighted by molar-refractivity contribution is -0.133. The molecule has 7 heteroatoms. The van der Waals surface area contributed by atoms with E-state index in [0.29, 0.717) is 13.1 Å². The number of rotatable bonds is 4. The lowest BCUT2D eigenvalue weighted by Crippen LogP contribution is -2.44. The molecule has 0 bridgehead atoms. The van der Waals surface area contributed by atoms with E-state index in [1.807, 2.05) is 11.0 Å². The maximum atomic E-state index is 13.7. The Morgan fingerprint density at radius 2 is 2.04 bits per heavy atom. The third-order valence-electron chi connectivity index (χ3n) is 5.69. The molecule has 0 aliphatic carbocycles. The molecule has 4 rings (SSSR count). The summed E-state index contributed by atoms with van der Waals surface area (Å²) in [5.74, 6) is 0.155. The van der Waals surface area contributed by atoms with Crippen molar-refractivity contribution in [3.05, 3.63) is 42.0 Å². The minimum atomic E-state index is -0.300. The van der Waals surface area contributed by atoms with E-state index >= 15 is 0 Å². The van der Waals surface area contributed by atoms with Crippen LogP contribution >= 0.6 is 0 Å². The number of hydrogen-bond donors (Lipinski definition) is 1. The van der Waals surface area contributed by atoms with Crippen molar-refractivity contribution in [3.63, 3.8) is 0 Å². The second-order valence-electron chi connectivity index (χ2n) is 7.70. The van der Waals surface area contributed by atoms with Gasteiger partial charge in [-0.3, -0.25) is 9.69 Å². The van der Waals surface area contributed by atoms with Gasteiger partial charge in [0.15, 0.2) is 0 Å². The van der Waals surface area contributed by atoms with Gasteiger partial charge in [-0.1, -0.05) is 12.1 Å². The Bertz CT molecular complexity index is 852. The first-order valence-electron chi connectivity index (χ1n) is 9.98. The van der Waals surface area contributed by atoms with Crippen LogP contribution in [0.25, 0.3) is 11.1 Å². The molecule has 1 aromatic carbocycles. The van der Waals surface area contributed by atoms with Gasteiger partial charge in [0.1, 0.15) is 5.82 Å². The predicted molar refractivity (Wildman–Crippen MR) is 106 cm³/mol. The number of carbonyl (C=O) groups is 1. The maximum absolute atomic E-state index is 13.7. The summed E-state index contributed by atoms with van der Waals surface area (Å²) in [5.41, 5.74) is 8.18. The van der Waals surface area contributed by atoms with Crippen LogP contribution in [-0.2, 0) is 4.79 Å². The molecular formula is C21H26FN5O. The fourth-order valence-electron chi connectivity index (χ4n) is 4.26. The van der Waals surface area contributed by atoms with Crippen LogP contribution in [0.1, 0.15) is 37.3 Å². The molecule has 2 aromatic rings. The van der Waals surface area contributed by atoms with Crippen molar-refractivity contribution in [2.24, 2.45) is 0 Å². The van der Waals surface area contributed by atoms with E-state index in [2.05, 4.69) is 14.9 Å². The summed E-state index contributed by atoms with van der Waals surface area (Å²) in [6.07, 6.45) is 5.85. The number of aromatic nitrogens is 2. The van der Waals surface area contributed by atoms with Gasteiger partial charge in [-0.25, -0.2) is 14.4 Å². The molecule has 1 amide bonds. The number of benzene rings is 1. The molecule has 1 atom stereocenters. The van der Waals surface area contributed by atoms with Crippen LogP contribution in [0.5, 0.6) is 0 Å². The minimum absolute atomic E-state index is 0.0693. The van der Waals surface area contributed by atoms with E-state index < -0.39 is 0 Å². The zero-order chi connectivity index (χ0) is 19.5. The molecule has 148 valence electrons. The van der Waals surface area contributed by atoms with Gasteiger partial charge < -0.3 is 10.6 Å². The van der Waals surface area contributed by atoms with Crippen LogP contribution < -0.4 is 5.73 Å². The lowest BCUT2D eigenvalue weighted by atomic mass is 9.90. The molecule has 6 nitrogen and oxygen atoms in total. The van der Waals surface area contributed by atoms with Crippen molar-refractivity contribution in [1.82, 2.24) is 19.8 Å². The molecule has 2 aliphatic heterocycles. The van der Waals surface area contributed by atoms with Gasteiger partial charge >= 0.3 is 0 Å². The van der Waals surface area contributed by atoms with Crippen molar-refractivity contribution in [2.75, 3.05) is 38.5 Å². The van der Waals surface area contributed by atoms with Gasteiger partial charge in [0, 0.05) is 30.8 Å². The minimum Gasteiger partial charge on any atom is -0.368 e. The van der Waals surface area contributed by atoms with Crippen LogP contribution in [0.3, 0.4) is 0 Å². The summed E-state index contributed by atoms with van der Waals surface area (Å²) in [5, 5.41) is 0. The Kier molecular flexibility index (Phi) is 5.52. The van der Waals surface area contributed by atoms with Gasteiger partial charge in [-0.15, -0.1) is 0 Å². The first-order chi connectivity index (χ1) is 13.6. The normalized spacial score (nSPS) is 20.5. The molecule has 2 N–H and O–H groups in total. The maximum Gasteiger partial charge on any atom is 0.236 e. The standard InChI is InChI=1S/C21H26FN5O/c22-17-7-3-5-15(11-17)18-12-24-21(23)25-20(18)16-6-4-10-27(13-16)19(28)14-26-8-1-2-9-26/h3,5,7,11-12,16H,1-2,4,6,8-10,13-14H2,(H2,23,24,25)/t16-/m0/s1. The van der Waals surface area contributed by atoms with Crippen molar-refractivity contribution in [3.8, 4) is 11.1 Å². The van der Waals surface area contributed by atoms with E-state index in [1.54, 1.807) is 12.3 Å². The fourth-order valence-corrected chi connectivity index (χ4v) is 4.26. The molecule has 2 fully saturated rings. The molecule has 0 unspecified atom stereocenters. The van der Waals surface area contributed by atoms with Crippen LogP contribution in [0.2, 0.25) is 0 Å². The molecule has 2 aliphatic rings. The van der Waals surface area contributed by atoms with Crippen molar-refractivity contribution < 1.29 is 9.18 Å². The molecule has 0 saturated carbocycles. The highest BCUT2D eigenvalue weighted by molar-refractivity contribution is 5.78. The molecular weight excluding hydrogens is 357 g/mol. The second-order valence-corrected chi connectivity index (χ2v) is 7.70. The number of likely N-dealkylation sites (tertiary alicyclic amines) is 2. The van der Waals surface area contributed by atoms with E-state index in [9.17, 15) is 9.18 Å². The first kappa shape index (κ1) is 18.8. The van der Waals surface area contributed by atoms with Gasteiger partial charge in [0.25, 0.3) is 0 Å². The number of halogens is 1. The van der Waals surface area contributed by atoms with Crippen LogP contribution in [0.15, 0.2) is 30.5 Å². The average molecular weight is 383 g/mol. The van der Waals surface area contributed by atoms with E-state index in [0.717, 1.165) is 49.3 Å². The zero-order valence-corrected chi connectivity index (χ0v) is 16.0. The fraction of sp³-hybridized carbons (Fsp3) is 0.476. The highest BCUT2D eigenvalue weighted by atomic mass is 19.1. The summed E-state index contributed by atoms with van der Waals surface area (Å²) in [6, 6.07) is 6.43. The topological polar surface area (TPSA) is 75.3 Å². The number of piperidine rings is 1. The molecule has 1 aromatic heterocycles. The second kappa shape index (κ2) is 8.22. The van der Waals surface area contributed by atoms with Gasteiger partial charge in [-0.2, -0.15) is 0 Å². The highest BCUT2D eigenvalue weighted by Gasteiger charge is 2.29. The Balaban J connectivity index is 1.56. The monoisotopic (exact) mass is 383 g/mol. The van der Waals surface area contributed by atoms with Gasteiger partial charge in [0.2, 0.25) is 11.9 Å². The quantitative estimate of drug-likeness (QED) is 0.879. The Morgan fingerprint density at radius 1 is 1.21 bits per heavy atom. The summed E-state index contributed by atoms with van der Waals surface area (Å²) in [6.45, 7) is 3.91. The number of anilines is 1. The average Bonchev–Trinajstić information content (AvgIpc) is 3.21. The Labute approximate surface area is 164 Å². The van der Waals surface area contributed by atoms with Crippen LogP contribution in [0.4, 0.5) is 10.3 Å². The smallest absolute Gasteiger partial charge is 0.236 e. The molecule has 0 radical (unpaired) electrons. The lowest BCUT2D eigenvalue weighted by Gasteiger charge is -2.34. The summed E-state index contributed by atoms with van der Waals surface area (Å²) >= 11 is 0. The first-order valence-corrected chi connectivity index (χ1v) is 9.98. The number of nitrogens with two attached hydrogens (primary N) is 1. The van der Waals surface area contributed by atoms with Crippen LogP contribution in [-0.4, -0.2) is 58.4 Å². The number of amides is 1. The number of carbonyl (C=O) groups excluding carboxylic acids is 1. The zero-order valence-electron chi connectivity index (χ0n) is 16.0. The van der Waals surface area contributed by atoms with E-state index in [4.69, 9.17) is 5.73 Å². The summed E-state index contributed by atoms with van der Waals surface area (Å²) in [4.78, 5) is 25.6. The largest absolute Gasteiger partial charge is 0.368 e. The molecule has 0 spiro atoms. The third-order valence-corrected chi connectivity index (χ3v) is 5.69. The number of nitrogen functional groups attached to an aromatic ring is 1. The van der Waals surface area contributed by atoms with Crippen molar-refractivity contribution in [2.45, 2.75) is 31.6 Å². The van der Waals surface area contributed by atoms with Crippen molar-refractivity contribution in [1.29, 1.82) is 0 Å². The molecule has 3 heterocycles. The van der Waals surface area contributed by atoms with E-state index in [1.165, 1.54) is 25.0 Å².